The zero-order valence-electron chi connectivity index (χ0n) is 33.4. The van der Waals surface area contributed by atoms with Gasteiger partial charge in [0.25, 0.3) is 11.8 Å². The first kappa shape index (κ1) is 40.7. The van der Waals surface area contributed by atoms with Gasteiger partial charge in [-0.25, -0.2) is 9.37 Å². The molecule has 0 bridgehead atoms. The number of halogens is 3. The lowest BCUT2D eigenvalue weighted by atomic mass is 9.84. The number of alkyl halides is 2. The van der Waals surface area contributed by atoms with Gasteiger partial charge < -0.3 is 35.0 Å². The van der Waals surface area contributed by atoms with Crippen molar-refractivity contribution in [2.75, 3.05) is 67.4 Å². The fourth-order valence-corrected chi connectivity index (χ4v) is 8.32. The Kier molecular flexibility index (Phi) is 11.5. The van der Waals surface area contributed by atoms with Crippen LogP contribution in [0.5, 0.6) is 5.75 Å². The molecule has 1 aromatic heterocycles. The van der Waals surface area contributed by atoms with E-state index in [0.717, 1.165) is 50.2 Å². The lowest BCUT2D eigenvalue weighted by molar-refractivity contribution is -0.140. The number of nitrogens with one attached hydrogen (secondary N) is 3. The van der Waals surface area contributed by atoms with Gasteiger partial charge in [0, 0.05) is 56.8 Å². The summed E-state index contributed by atoms with van der Waals surface area (Å²) in [4.78, 5) is 65.0. The van der Waals surface area contributed by atoms with Crippen LogP contribution in [0.3, 0.4) is 0 Å². The van der Waals surface area contributed by atoms with Gasteiger partial charge in [0.1, 0.15) is 17.3 Å². The number of nitrogens with zero attached hydrogens (tertiary/aromatic N) is 6. The highest BCUT2D eigenvalue weighted by atomic mass is 19.3. The summed E-state index contributed by atoms with van der Waals surface area (Å²) in [5, 5.41) is 8.53. The topological polar surface area (TPSA) is 152 Å². The molecule has 0 radical (unpaired) electrons. The Morgan fingerprint density at radius 1 is 1.07 bits per heavy atom. The summed E-state index contributed by atoms with van der Waals surface area (Å²) in [6.45, 7) is 5.03. The molecule has 1 saturated carbocycles. The number of imide groups is 1. The number of rotatable bonds is 11. The van der Waals surface area contributed by atoms with Crippen LogP contribution in [0.4, 0.5) is 42.0 Å². The van der Waals surface area contributed by atoms with Crippen molar-refractivity contribution in [2.24, 2.45) is 5.92 Å². The summed E-state index contributed by atoms with van der Waals surface area (Å²) >= 11 is 0. The molecular formula is C41H50F3N9O5. The number of carbonyl (C=O) groups excluding carboxylic acids is 4. The fourth-order valence-electron chi connectivity index (χ4n) is 8.32. The van der Waals surface area contributed by atoms with Gasteiger partial charge in [-0.3, -0.25) is 24.5 Å². The number of benzene rings is 2. The SMILES string of the molecule is COc1cc(C(=O)NC2CC(N(C)CC3CCN(c4ccc(C5CCC(=O)NC5=O)cc4F)CC3)C2)ccc1Nc1ncc2c(n1)N(C(C)C)CC(F)(F)C(=O)N2C. The second-order valence-corrected chi connectivity index (χ2v) is 16.1. The molecule has 0 spiro atoms. The number of piperidine rings is 2. The average molecular weight is 806 g/mol. The van der Waals surface area contributed by atoms with Crippen LogP contribution in [0.2, 0.25) is 0 Å². The number of hydrogen-bond donors (Lipinski definition) is 3. The van der Waals surface area contributed by atoms with Crippen molar-refractivity contribution in [3.63, 3.8) is 0 Å². The van der Waals surface area contributed by atoms with Crippen LogP contribution >= 0.6 is 0 Å². The Morgan fingerprint density at radius 2 is 1.81 bits per heavy atom. The van der Waals surface area contributed by atoms with E-state index >= 15 is 4.39 Å². The molecular weight excluding hydrogens is 756 g/mol. The Hall–Kier alpha value is -5.45. The number of aromatic nitrogens is 2. The quantitative estimate of drug-likeness (QED) is 0.229. The zero-order chi connectivity index (χ0) is 41.5. The summed E-state index contributed by atoms with van der Waals surface area (Å²) in [6.07, 6.45) is 5.44. The molecule has 7 rings (SSSR count). The highest BCUT2D eigenvalue weighted by Crippen LogP contribution is 2.38. The lowest BCUT2D eigenvalue weighted by Crippen LogP contribution is -2.54. The second-order valence-electron chi connectivity index (χ2n) is 16.1. The Bertz CT molecular complexity index is 2070. The Balaban J connectivity index is 0.887. The van der Waals surface area contributed by atoms with Crippen LogP contribution in [0.25, 0.3) is 0 Å². The van der Waals surface area contributed by atoms with Crippen molar-refractivity contribution in [1.82, 2.24) is 25.5 Å². The van der Waals surface area contributed by atoms with Gasteiger partial charge in [-0.2, -0.15) is 13.8 Å². The minimum Gasteiger partial charge on any atom is -0.495 e. The third-order valence-corrected chi connectivity index (χ3v) is 11.9. The maximum atomic E-state index is 15.2. The predicted octanol–water partition coefficient (Wildman–Crippen LogP) is 4.82. The highest BCUT2D eigenvalue weighted by molar-refractivity contribution is 6.02. The van der Waals surface area contributed by atoms with Gasteiger partial charge >= 0.3 is 5.92 Å². The molecule has 4 aliphatic rings. The number of carbonyl (C=O) groups is 4. The largest absolute Gasteiger partial charge is 0.495 e. The van der Waals surface area contributed by atoms with Crippen molar-refractivity contribution >= 4 is 52.5 Å². The van der Waals surface area contributed by atoms with Crippen LogP contribution in [0.1, 0.15) is 74.2 Å². The van der Waals surface area contributed by atoms with E-state index in [1.807, 2.05) is 0 Å². The fraction of sp³-hybridized carbons (Fsp3) is 0.512. The maximum Gasteiger partial charge on any atom is 0.342 e. The molecule has 4 amide bonds. The van der Waals surface area contributed by atoms with Crippen molar-refractivity contribution in [1.29, 1.82) is 0 Å². The smallest absolute Gasteiger partial charge is 0.342 e. The van der Waals surface area contributed by atoms with Crippen molar-refractivity contribution in [3.8, 4) is 5.75 Å². The lowest BCUT2D eigenvalue weighted by Gasteiger charge is -2.43. The molecule has 17 heteroatoms. The highest BCUT2D eigenvalue weighted by Gasteiger charge is 2.48. The molecule has 2 aromatic carbocycles. The number of fused-ring (bicyclic) bond motifs is 1. The Labute approximate surface area is 335 Å². The molecule has 58 heavy (non-hydrogen) atoms. The van der Waals surface area contributed by atoms with Gasteiger partial charge in [0.05, 0.1) is 37.1 Å². The minimum atomic E-state index is -3.60. The molecule has 1 atom stereocenters. The standard InChI is InChI=1S/C41H50F3N9O5/c1-23(2)53-22-41(43,44)39(57)51(4)33-20-45-40(49-36(33)53)47-31-9-6-26(17-34(31)58-5)37(55)46-27-18-28(19-27)50(3)21-24-12-14-52(15-13-24)32-10-7-25(16-30(32)42)29-8-11-35(54)48-38(29)56/h6-7,9-10,16-17,20,23-24,27-29H,8,11-15,18-19,21-22H2,1-5H3,(H,46,55)(H,45,47,49)(H,48,54,56). The van der Waals surface area contributed by atoms with E-state index in [-0.39, 0.29) is 59.5 Å². The average Bonchev–Trinajstić information content (AvgIpc) is 3.24. The van der Waals surface area contributed by atoms with Gasteiger partial charge in [0.15, 0.2) is 5.82 Å². The van der Waals surface area contributed by atoms with E-state index in [1.165, 1.54) is 31.3 Å². The molecule has 14 nitrogen and oxygen atoms in total. The van der Waals surface area contributed by atoms with Crippen LogP contribution < -0.4 is 35.4 Å². The molecule has 4 heterocycles. The number of methoxy groups -OCH3 is 1. The van der Waals surface area contributed by atoms with Crippen molar-refractivity contribution in [3.05, 3.63) is 59.5 Å². The molecule has 310 valence electrons. The van der Waals surface area contributed by atoms with E-state index in [0.29, 0.717) is 46.6 Å². The van der Waals surface area contributed by atoms with Crippen LogP contribution in [0.15, 0.2) is 42.6 Å². The molecule has 3 fully saturated rings. The molecule has 3 aliphatic heterocycles. The van der Waals surface area contributed by atoms with Gasteiger partial charge in [-0.15, -0.1) is 0 Å². The van der Waals surface area contributed by atoms with E-state index in [1.54, 1.807) is 44.2 Å². The summed E-state index contributed by atoms with van der Waals surface area (Å²) in [5.41, 5.74) is 2.15. The summed E-state index contributed by atoms with van der Waals surface area (Å²) in [7, 11) is 4.86. The van der Waals surface area contributed by atoms with Gasteiger partial charge in [-0.05, 0) is 94.8 Å². The van der Waals surface area contributed by atoms with E-state index in [4.69, 9.17) is 4.74 Å². The molecule has 3 N–H and O–H groups in total. The maximum absolute atomic E-state index is 15.2. The third kappa shape index (κ3) is 8.40. The normalized spacial score (nSPS) is 22.3. The molecule has 2 saturated heterocycles. The predicted molar refractivity (Wildman–Crippen MR) is 213 cm³/mol. The number of ether oxygens (including phenoxy) is 1. The Morgan fingerprint density at radius 3 is 2.48 bits per heavy atom. The van der Waals surface area contributed by atoms with Gasteiger partial charge in [-0.1, -0.05) is 6.07 Å². The zero-order valence-corrected chi connectivity index (χ0v) is 33.4. The van der Waals surface area contributed by atoms with Gasteiger partial charge in [0.2, 0.25) is 17.8 Å². The first-order valence-electron chi connectivity index (χ1n) is 19.8. The van der Waals surface area contributed by atoms with E-state index < -0.39 is 24.3 Å². The van der Waals surface area contributed by atoms with E-state index in [9.17, 15) is 28.0 Å². The summed E-state index contributed by atoms with van der Waals surface area (Å²) in [5.74, 6) is -5.60. The number of hydrogen-bond acceptors (Lipinski definition) is 11. The van der Waals surface area contributed by atoms with E-state index in [2.05, 4.69) is 42.8 Å². The third-order valence-electron chi connectivity index (χ3n) is 11.9. The number of amides is 4. The summed E-state index contributed by atoms with van der Waals surface area (Å²) in [6, 6.07) is 9.88. The minimum absolute atomic E-state index is 0.0194. The monoisotopic (exact) mass is 805 g/mol. The second kappa shape index (κ2) is 16.4. The molecule has 1 unspecified atom stereocenters. The van der Waals surface area contributed by atoms with Crippen LogP contribution in [-0.4, -0.2) is 110 Å². The van der Waals surface area contributed by atoms with Crippen LogP contribution in [0, 0.1) is 11.7 Å². The molecule has 3 aromatic rings. The van der Waals surface area contributed by atoms with Crippen molar-refractivity contribution in [2.45, 2.75) is 82.3 Å². The number of anilines is 5. The first-order valence-corrected chi connectivity index (χ1v) is 19.8. The molecule has 1 aliphatic carbocycles. The first-order chi connectivity index (χ1) is 27.6. The van der Waals surface area contributed by atoms with Crippen molar-refractivity contribution < 1.29 is 37.1 Å². The summed E-state index contributed by atoms with van der Waals surface area (Å²) < 4.78 is 50.3. The van der Waals surface area contributed by atoms with Crippen LogP contribution in [-0.2, 0) is 14.4 Å².